The van der Waals surface area contributed by atoms with Crippen molar-refractivity contribution in [2.75, 3.05) is 55.3 Å². The Morgan fingerprint density at radius 3 is 2.11 bits per heavy atom. The minimum Gasteiger partial charge on any atom is -0.493 e. The highest BCUT2D eigenvalue weighted by Gasteiger charge is 2.36. The van der Waals surface area contributed by atoms with E-state index in [0.29, 0.717) is 53.0 Å². The third-order valence-corrected chi connectivity index (χ3v) is 6.57. The molecule has 1 aliphatic heterocycles. The smallest absolute Gasteiger partial charge is 0.328 e. The number of methoxy groups -OCH3 is 5. The van der Waals surface area contributed by atoms with Gasteiger partial charge in [0.25, 0.3) is 0 Å². The summed E-state index contributed by atoms with van der Waals surface area (Å²) in [6.07, 6.45) is 2.20. The van der Waals surface area contributed by atoms with E-state index in [1.165, 1.54) is 21.3 Å². The molecular formula is C28H37NO9. The highest BCUT2D eigenvalue weighted by atomic mass is 16.6. The normalized spacial score (nSPS) is 15.7. The monoisotopic (exact) mass is 531 g/mol. The second-order valence-electron chi connectivity index (χ2n) is 8.76. The second kappa shape index (κ2) is 13.6. The molecule has 10 nitrogen and oxygen atoms in total. The number of nitrogens with zero attached hydrogens (tertiary/aromatic N) is 1. The SMILES string of the molecule is COc1ccc(OCCOC(=O)C2CCCCN2C(=O)C(C)c2cc(OC)c(OC)c(OC)c2)cc1OC. The van der Waals surface area contributed by atoms with Gasteiger partial charge in [0.2, 0.25) is 11.7 Å². The van der Waals surface area contributed by atoms with Crippen LogP contribution in [0.5, 0.6) is 34.5 Å². The molecule has 38 heavy (non-hydrogen) atoms. The molecule has 2 unspecified atom stereocenters. The summed E-state index contributed by atoms with van der Waals surface area (Å²) in [5.74, 6) is 1.93. The number of ether oxygens (including phenoxy) is 7. The predicted molar refractivity (Wildman–Crippen MR) is 140 cm³/mol. The first kappa shape index (κ1) is 28.7. The van der Waals surface area contributed by atoms with Crippen LogP contribution in [0.2, 0.25) is 0 Å². The van der Waals surface area contributed by atoms with Crippen LogP contribution >= 0.6 is 0 Å². The zero-order valence-corrected chi connectivity index (χ0v) is 22.9. The minimum atomic E-state index is -0.651. The molecule has 0 radical (unpaired) electrons. The van der Waals surface area contributed by atoms with Crippen LogP contribution in [0.4, 0.5) is 0 Å². The van der Waals surface area contributed by atoms with Gasteiger partial charge >= 0.3 is 5.97 Å². The number of benzene rings is 2. The van der Waals surface area contributed by atoms with Crippen molar-refractivity contribution in [3.8, 4) is 34.5 Å². The molecule has 2 aromatic rings. The van der Waals surface area contributed by atoms with Crippen molar-refractivity contribution in [1.82, 2.24) is 4.90 Å². The van der Waals surface area contributed by atoms with Crippen molar-refractivity contribution in [2.24, 2.45) is 0 Å². The van der Waals surface area contributed by atoms with Crippen molar-refractivity contribution >= 4 is 11.9 Å². The van der Waals surface area contributed by atoms with Crippen LogP contribution in [-0.4, -0.2) is 78.1 Å². The van der Waals surface area contributed by atoms with Gasteiger partial charge in [-0.15, -0.1) is 0 Å². The third-order valence-electron chi connectivity index (χ3n) is 6.57. The van der Waals surface area contributed by atoms with Gasteiger partial charge in [-0.1, -0.05) is 0 Å². The summed E-state index contributed by atoms with van der Waals surface area (Å²) in [5.41, 5.74) is 0.700. The van der Waals surface area contributed by atoms with Crippen LogP contribution < -0.4 is 28.4 Å². The van der Waals surface area contributed by atoms with E-state index in [-0.39, 0.29) is 19.1 Å². The molecule has 1 aliphatic rings. The van der Waals surface area contributed by atoms with E-state index in [1.54, 1.807) is 56.4 Å². The van der Waals surface area contributed by atoms with Crippen molar-refractivity contribution < 1.29 is 42.7 Å². The van der Waals surface area contributed by atoms with E-state index in [2.05, 4.69) is 0 Å². The lowest BCUT2D eigenvalue weighted by Crippen LogP contribution is -2.50. The maximum atomic E-state index is 13.6. The molecule has 0 bridgehead atoms. The van der Waals surface area contributed by atoms with Gasteiger partial charge in [-0.05, 0) is 56.0 Å². The maximum absolute atomic E-state index is 13.6. The molecule has 1 saturated heterocycles. The lowest BCUT2D eigenvalue weighted by atomic mass is 9.95. The topological polar surface area (TPSA) is 102 Å². The summed E-state index contributed by atoms with van der Waals surface area (Å²) >= 11 is 0. The molecule has 2 atom stereocenters. The lowest BCUT2D eigenvalue weighted by Gasteiger charge is -2.36. The first-order chi connectivity index (χ1) is 18.4. The Bertz CT molecular complexity index is 1080. The van der Waals surface area contributed by atoms with Gasteiger partial charge in [-0.3, -0.25) is 4.79 Å². The molecule has 2 aromatic carbocycles. The van der Waals surface area contributed by atoms with Gasteiger partial charge in [-0.25, -0.2) is 4.79 Å². The van der Waals surface area contributed by atoms with Crippen molar-refractivity contribution in [2.45, 2.75) is 38.1 Å². The van der Waals surface area contributed by atoms with Crippen molar-refractivity contribution in [1.29, 1.82) is 0 Å². The Hall–Kier alpha value is -3.82. The van der Waals surface area contributed by atoms with Gasteiger partial charge < -0.3 is 38.1 Å². The van der Waals surface area contributed by atoms with E-state index in [0.717, 1.165) is 12.8 Å². The molecule has 1 heterocycles. The van der Waals surface area contributed by atoms with E-state index >= 15 is 0 Å². The average molecular weight is 532 g/mol. The Balaban J connectivity index is 1.63. The van der Waals surface area contributed by atoms with Gasteiger partial charge in [0.1, 0.15) is 25.0 Å². The van der Waals surface area contributed by atoms with Gasteiger partial charge in [0, 0.05) is 12.6 Å². The van der Waals surface area contributed by atoms with Crippen molar-refractivity contribution in [3.05, 3.63) is 35.9 Å². The fourth-order valence-corrected chi connectivity index (χ4v) is 4.49. The number of hydrogen-bond donors (Lipinski definition) is 0. The molecule has 208 valence electrons. The first-order valence-electron chi connectivity index (χ1n) is 12.5. The van der Waals surface area contributed by atoms with Gasteiger partial charge in [-0.2, -0.15) is 0 Å². The standard InChI is InChI=1S/C28H37NO9/c1-18(19-15-24(34-4)26(36-6)25(16-19)35-5)27(30)29-12-8-7-9-21(29)28(31)38-14-13-37-20-10-11-22(32-2)23(17-20)33-3/h10-11,15-18,21H,7-9,12-14H2,1-6H3. The summed E-state index contributed by atoms with van der Waals surface area (Å²) in [7, 11) is 7.68. The highest BCUT2D eigenvalue weighted by Crippen LogP contribution is 2.40. The Kier molecular flexibility index (Phi) is 10.3. The molecule has 0 aromatic heterocycles. The number of amides is 1. The average Bonchev–Trinajstić information content (AvgIpc) is 2.97. The Labute approximate surface area is 223 Å². The van der Waals surface area contributed by atoms with E-state index < -0.39 is 17.9 Å². The van der Waals surface area contributed by atoms with Crippen LogP contribution in [-0.2, 0) is 14.3 Å². The Morgan fingerprint density at radius 1 is 0.842 bits per heavy atom. The Morgan fingerprint density at radius 2 is 1.50 bits per heavy atom. The zero-order valence-electron chi connectivity index (χ0n) is 22.9. The number of likely N-dealkylation sites (tertiary alicyclic amines) is 1. The predicted octanol–water partition coefficient (Wildman–Crippen LogP) is 3.84. The molecule has 0 saturated carbocycles. The molecule has 1 fully saturated rings. The third kappa shape index (κ3) is 6.54. The van der Waals surface area contributed by atoms with Crippen LogP contribution in [0.3, 0.4) is 0 Å². The minimum absolute atomic E-state index is 0.0497. The van der Waals surface area contributed by atoms with E-state index in [4.69, 9.17) is 33.2 Å². The molecule has 0 N–H and O–H groups in total. The molecule has 0 spiro atoms. The largest absolute Gasteiger partial charge is 0.493 e. The molecule has 10 heteroatoms. The summed E-state index contributed by atoms with van der Waals surface area (Å²) in [4.78, 5) is 28.2. The first-order valence-corrected chi connectivity index (χ1v) is 12.5. The number of piperidine rings is 1. The summed E-state index contributed by atoms with van der Waals surface area (Å²) in [6, 6.07) is 8.05. The fourth-order valence-electron chi connectivity index (χ4n) is 4.49. The summed E-state index contributed by atoms with van der Waals surface area (Å²) in [6.45, 7) is 2.49. The summed E-state index contributed by atoms with van der Waals surface area (Å²) in [5, 5.41) is 0. The van der Waals surface area contributed by atoms with Crippen molar-refractivity contribution in [3.63, 3.8) is 0 Å². The quantitative estimate of drug-likeness (QED) is 0.299. The highest BCUT2D eigenvalue weighted by molar-refractivity contribution is 5.89. The van der Waals surface area contributed by atoms with E-state index in [9.17, 15) is 9.59 Å². The molecular weight excluding hydrogens is 494 g/mol. The molecule has 3 rings (SSSR count). The van der Waals surface area contributed by atoms with Crippen LogP contribution in [0.15, 0.2) is 30.3 Å². The fraction of sp³-hybridized carbons (Fsp3) is 0.500. The van der Waals surface area contributed by atoms with Crippen LogP contribution in [0.1, 0.15) is 37.7 Å². The number of hydrogen-bond acceptors (Lipinski definition) is 9. The van der Waals surface area contributed by atoms with Crippen LogP contribution in [0, 0.1) is 0 Å². The zero-order chi connectivity index (χ0) is 27.7. The second-order valence-corrected chi connectivity index (χ2v) is 8.76. The number of esters is 1. The number of rotatable bonds is 12. The maximum Gasteiger partial charge on any atom is 0.328 e. The lowest BCUT2D eigenvalue weighted by molar-refractivity contribution is -0.158. The molecule has 1 amide bonds. The van der Waals surface area contributed by atoms with Gasteiger partial charge in [0.15, 0.2) is 23.0 Å². The van der Waals surface area contributed by atoms with Crippen LogP contribution in [0.25, 0.3) is 0 Å². The van der Waals surface area contributed by atoms with E-state index in [1.807, 2.05) is 0 Å². The number of carbonyl (C=O) groups excluding carboxylic acids is 2. The number of carbonyl (C=O) groups is 2. The molecule has 0 aliphatic carbocycles. The van der Waals surface area contributed by atoms with Gasteiger partial charge in [0.05, 0.1) is 41.5 Å². The summed E-state index contributed by atoms with van der Waals surface area (Å²) < 4.78 is 38.0.